The Morgan fingerprint density at radius 1 is 0.870 bits per heavy atom. The molecular formula is C19H30O4. The molecule has 0 N–H and O–H groups in total. The summed E-state index contributed by atoms with van der Waals surface area (Å²) in [6.45, 7) is 0.564. The van der Waals surface area contributed by atoms with Gasteiger partial charge in [-0.3, -0.25) is 9.59 Å². The number of ether oxygens (including phenoxy) is 2. The van der Waals surface area contributed by atoms with E-state index in [1.54, 1.807) is 0 Å². The highest BCUT2D eigenvalue weighted by Crippen LogP contribution is 2.45. The minimum atomic E-state index is -0.164. The van der Waals surface area contributed by atoms with Gasteiger partial charge in [-0.05, 0) is 62.7 Å². The Hall–Kier alpha value is -1.06. The summed E-state index contributed by atoms with van der Waals surface area (Å²) in [6, 6.07) is 0. The Morgan fingerprint density at radius 2 is 1.65 bits per heavy atom. The first-order chi connectivity index (χ1) is 11.2. The maximum atomic E-state index is 11.9. The first kappa shape index (κ1) is 16.8. The molecule has 3 fully saturated rings. The number of hydrogen-bond acceptors (Lipinski definition) is 4. The molecule has 3 atom stereocenters. The molecule has 3 unspecified atom stereocenters. The number of fused-ring (bicyclic) bond motifs is 2. The zero-order valence-corrected chi connectivity index (χ0v) is 14.1. The van der Waals surface area contributed by atoms with Crippen LogP contribution in [0.4, 0.5) is 0 Å². The summed E-state index contributed by atoms with van der Waals surface area (Å²) in [4.78, 5) is 23.6. The second-order valence-electron chi connectivity index (χ2n) is 7.74. The molecule has 3 aliphatic carbocycles. The van der Waals surface area contributed by atoms with Crippen molar-refractivity contribution < 1.29 is 19.1 Å². The van der Waals surface area contributed by atoms with Gasteiger partial charge in [0.15, 0.2) is 0 Å². The average molecular weight is 322 g/mol. The van der Waals surface area contributed by atoms with Crippen LogP contribution in [0.3, 0.4) is 0 Å². The number of rotatable bonds is 7. The third-order valence-corrected chi connectivity index (χ3v) is 5.92. The van der Waals surface area contributed by atoms with Gasteiger partial charge in [0.2, 0.25) is 0 Å². The van der Waals surface area contributed by atoms with E-state index in [1.165, 1.54) is 51.4 Å². The van der Waals surface area contributed by atoms with E-state index >= 15 is 0 Å². The summed E-state index contributed by atoms with van der Waals surface area (Å²) in [5.74, 6) is 1.64. The van der Waals surface area contributed by atoms with Crippen molar-refractivity contribution in [1.29, 1.82) is 0 Å². The Labute approximate surface area is 139 Å². The molecule has 0 heterocycles. The van der Waals surface area contributed by atoms with Crippen molar-refractivity contribution >= 4 is 11.9 Å². The van der Waals surface area contributed by atoms with Gasteiger partial charge in [0, 0.05) is 12.8 Å². The molecule has 3 saturated carbocycles. The van der Waals surface area contributed by atoms with E-state index in [-0.39, 0.29) is 18.0 Å². The standard InChI is InChI=1S/C19H30O4/c20-18(22-13-14-5-2-1-3-6-14)7-4-8-19(21)23-17-12-15-9-10-16(17)11-15/h14-17H,1-13H2. The molecule has 0 aromatic heterocycles. The van der Waals surface area contributed by atoms with Crippen molar-refractivity contribution in [2.75, 3.05) is 6.61 Å². The highest BCUT2D eigenvalue weighted by Gasteiger charge is 2.41. The highest BCUT2D eigenvalue weighted by molar-refractivity contribution is 5.72. The second-order valence-corrected chi connectivity index (χ2v) is 7.74. The molecule has 2 bridgehead atoms. The normalized spacial score (nSPS) is 30.3. The summed E-state index contributed by atoms with van der Waals surface area (Å²) < 4.78 is 10.9. The molecule has 4 nitrogen and oxygen atoms in total. The minimum Gasteiger partial charge on any atom is -0.465 e. The van der Waals surface area contributed by atoms with E-state index in [0.29, 0.717) is 37.7 Å². The van der Waals surface area contributed by atoms with Gasteiger partial charge in [-0.15, -0.1) is 0 Å². The van der Waals surface area contributed by atoms with Crippen molar-refractivity contribution in [1.82, 2.24) is 0 Å². The second kappa shape index (κ2) is 8.16. The Morgan fingerprint density at radius 3 is 2.35 bits per heavy atom. The lowest BCUT2D eigenvalue weighted by molar-refractivity contribution is -0.152. The lowest BCUT2D eigenvalue weighted by Crippen LogP contribution is -2.24. The lowest BCUT2D eigenvalue weighted by atomic mass is 9.90. The third-order valence-electron chi connectivity index (χ3n) is 5.92. The number of esters is 2. The zero-order valence-electron chi connectivity index (χ0n) is 14.1. The summed E-state index contributed by atoms with van der Waals surface area (Å²) in [5.41, 5.74) is 0. The van der Waals surface area contributed by atoms with Gasteiger partial charge in [-0.25, -0.2) is 0 Å². The van der Waals surface area contributed by atoms with Gasteiger partial charge in [0.25, 0.3) is 0 Å². The maximum Gasteiger partial charge on any atom is 0.306 e. The Balaban J connectivity index is 1.24. The van der Waals surface area contributed by atoms with Crippen LogP contribution in [0.15, 0.2) is 0 Å². The number of hydrogen-bond donors (Lipinski definition) is 0. The fourth-order valence-corrected chi connectivity index (χ4v) is 4.57. The van der Waals surface area contributed by atoms with E-state index in [2.05, 4.69) is 0 Å². The van der Waals surface area contributed by atoms with E-state index in [0.717, 1.165) is 12.3 Å². The van der Waals surface area contributed by atoms with Crippen LogP contribution in [0.25, 0.3) is 0 Å². The molecule has 23 heavy (non-hydrogen) atoms. The Kier molecular flexibility index (Phi) is 5.96. The van der Waals surface area contributed by atoms with Gasteiger partial charge in [0.1, 0.15) is 6.10 Å². The molecule has 0 aromatic carbocycles. The van der Waals surface area contributed by atoms with Crippen molar-refractivity contribution in [3.8, 4) is 0 Å². The predicted molar refractivity (Wildman–Crippen MR) is 86.7 cm³/mol. The van der Waals surface area contributed by atoms with Gasteiger partial charge in [-0.1, -0.05) is 19.3 Å². The number of carbonyl (C=O) groups excluding carboxylic acids is 2. The SMILES string of the molecule is O=C(CCCC(=O)OC1CC2CCC1C2)OCC1CCCCC1. The minimum absolute atomic E-state index is 0.136. The van der Waals surface area contributed by atoms with Crippen LogP contribution >= 0.6 is 0 Å². The summed E-state index contributed by atoms with van der Waals surface area (Å²) in [7, 11) is 0. The molecule has 4 heteroatoms. The molecule has 3 rings (SSSR count). The molecule has 0 aromatic rings. The van der Waals surface area contributed by atoms with Crippen LogP contribution in [0.1, 0.15) is 77.0 Å². The van der Waals surface area contributed by atoms with E-state index < -0.39 is 0 Å². The maximum absolute atomic E-state index is 11.9. The molecule has 0 saturated heterocycles. The van der Waals surface area contributed by atoms with Crippen LogP contribution in [0.2, 0.25) is 0 Å². The molecule has 130 valence electrons. The van der Waals surface area contributed by atoms with Gasteiger partial charge >= 0.3 is 11.9 Å². The predicted octanol–water partition coefficient (Wildman–Crippen LogP) is 4.01. The van der Waals surface area contributed by atoms with Gasteiger partial charge in [0.05, 0.1) is 6.61 Å². The van der Waals surface area contributed by atoms with Crippen molar-refractivity contribution in [3.63, 3.8) is 0 Å². The first-order valence-corrected chi connectivity index (χ1v) is 9.56. The fourth-order valence-electron chi connectivity index (χ4n) is 4.57. The van der Waals surface area contributed by atoms with Crippen LogP contribution in [0, 0.1) is 17.8 Å². The molecule has 0 amide bonds. The summed E-state index contributed by atoms with van der Waals surface area (Å²) in [6.07, 6.45) is 12.4. The van der Waals surface area contributed by atoms with Crippen molar-refractivity contribution in [2.24, 2.45) is 17.8 Å². The van der Waals surface area contributed by atoms with Crippen LogP contribution in [-0.4, -0.2) is 24.6 Å². The molecular weight excluding hydrogens is 292 g/mol. The molecule has 0 spiro atoms. The van der Waals surface area contributed by atoms with Crippen molar-refractivity contribution in [2.45, 2.75) is 83.2 Å². The largest absolute Gasteiger partial charge is 0.465 e. The highest BCUT2D eigenvalue weighted by atomic mass is 16.5. The van der Waals surface area contributed by atoms with Crippen LogP contribution in [-0.2, 0) is 19.1 Å². The van der Waals surface area contributed by atoms with Crippen LogP contribution in [0.5, 0.6) is 0 Å². The lowest BCUT2D eigenvalue weighted by Gasteiger charge is -2.22. The summed E-state index contributed by atoms with van der Waals surface area (Å²) in [5, 5.41) is 0. The quantitative estimate of drug-likeness (QED) is 0.665. The zero-order chi connectivity index (χ0) is 16.1. The third kappa shape index (κ3) is 4.95. The molecule has 0 radical (unpaired) electrons. The molecule has 3 aliphatic rings. The van der Waals surface area contributed by atoms with Gasteiger partial charge in [-0.2, -0.15) is 0 Å². The molecule has 0 aliphatic heterocycles. The topological polar surface area (TPSA) is 52.6 Å². The smallest absolute Gasteiger partial charge is 0.306 e. The van der Waals surface area contributed by atoms with E-state index in [9.17, 15) is 9.59 Å². The van der Waals surface area contributed by atoms with Gasteiger partial charge < -0.3 is 9.47 Å². The monoisotopic (exact) mass is 322 g/mol. The summed E-state index contributed by atoms with van der Waals surface area (Å²) >= 11 is 0. The Bertz CT molecular complexity index is 414. The first-order valence-electron chi connectivity index (χ1n) is 9.56. The fraction of sp³-hybridized carbons (Fsp3) is 0.895. The van der Waals surface area contributed by atoms with Crippen molar-refractivity contribution in [3.05, 3.63) is 0 Å². The van der Waals surface area contributed by atoms with E-state index in [1.807, 2.05) is 0 Å². The average Bonchev–Trinajstić information content (AvgIpc) is 3.16. The van der Waals surface area contributed by atoms with E-state index in [4.69, 9.17) is 9.47 Å². The van der Waals surface area contributed by atoms with Crippen LogP contribution < -0.4 is 0 Å². The number of carbonyl (C=O) groups is 2.